The lowest BCUT2D eigenvalue weighted by Crippen LogP contribution is -2.31. The maximum absolute atomic E-state index is 12.8. The number of carbonyl (C=O) groups is 1. The quantitative estimate of drug-likeness (QED) is 0.923. The van der Waals surface area contributed by atoms with E-state index in [0.29, 0.717) is 41.2 Å². The van der Waals surface area contributed by atoms with Crippen LogP contribution in [0, 0.1) is 6.92 Å². The number of amides is 1. The summed E-state index contributed by atoms with van der Waals surface area (Å²) in [4.78, 5) is 29.6. The maximum atomic E-state index is 12.8. The molecule has 1 heterocycles. The Kier molecular flexibility index (Phi) is 5.21. The van der Waals surface area contributed by atoms with Gasteiger partial charge in [-0.3, -0.25) is 9.59 Å². The summed E-state index contributed by atoms with van der Waals surface area (Å²) >= 11 is 0. The van der Waals surface area contributed by atoms with E-state index in [2.05, 4.69) is 4.98 Å². The third-order valence-electron chi connectivity index (χ3n) is 3.98. The number of hydrogen-bond acceptors (Lipinski definition) is 3. The van der Waals surface area contributed by atoms with Gasteiger partial charge in [0.05, 0.1) is 12.8 Å². The van der Waals surface area contributed by atoms with Gasteiger partial charge in [-0.15, -0.1) is 0 Å². The molecule has 0 aliphatic carbocycles. The second-order valence-corrected chi connectivity index (χ2v) is 5.23. The fourth-order valence-electron chi connectivity index (χ4n) is 2.56. The van der Waals surface area contributed by atoms with E-state index in [1.807, 2.05) is 13.8 Å². The number of carbonyl (C=O) groups excluding carboxylic acids is 1. The summed E-state index contributed by atoms with van der Waals surface area (Å²) in [6.07, 6.45) is 1.59. The van der Waals surface area contributed by atoms with Crippen molar-refractivity contribution in [2.45, 2.75) is 20.8 Å². The normalized spacial score (nSPS) is 10.4. The van der Waals surface area contributed by atoms with Crippen LogP contribution in [0.4, 0.5) is 0 Å². The average molecular weight is 314 g/mol. The molecule has 0 radical (unpaired) electrons. The Hall–Kier alpha value is -2.56. The summed E-state index contributed by atoms with van der Waals surface area (Å²) in [5, 5.41) is 0. The van der Waals surface area contributed by atoms with Crippen molar-refractivity contribution in [3.8, 4) is 17.0 Å². The fraction of sp³-hybridized carbons (Fsp3) is 0.333. The predicted molar refractivity (Wildman–Crippen MR) is 91.0 cm³/mol. The number of methoxy groups -OCH3 is 1. The van der Waals surface area contributed by atoms with Crippen LogP contribution in [-0.2, 0) is 0 Å². The first-order valence-electron chi connectivity index (χ1n) is 7.69. The standard InChI is InChI=1S/C18H22N2O3/c1-5-20(6-2)18(22)14-8-7-13(23-4)11-15(14)17-12(3)16(21)9-10-19-17/h7-11H,5-6H2,1-4H3,(H,19,21). The summed E-state index contributed by atoms with van der Waals surface area (Å²) in [6.45, 7) is 6.90. The molecular formula is C18H22N2O3. The Labute approximate surface area is 135 Å². The molecule has 1 aromatic carbocycles. The van der Waals surface area contributed by atoms with Gasteiger partial charge in [0, 0.05) is 42.0 Å². The summed E-state index contributed by atoms with van der Waals surface area (Å²) in [5.41, 5.74) is 2.39. The van der Waals surface area contributed by atoms with E-state index >= 15 is 0 Å². The lowest BCUT2D eigenvalue weighted by atomic mass is 9.99. The molecule has 2 rings (SSSR count). The van der Waals surface area contributed by atoms with Gasteiger partial charge < -0.3 is 14.6 Å². The molecule has 0 atom stereocenters. The molecule has 0 unspecified atom stereocenters. The van der Waals surface area contributed by atoms with E-state index in [0.717, 1.165) is 0 Å². The van der Waals surface area contributed by atoms with Crippen molar-refractivity contribution < 1.29 is 9.53 Å². The highest BCUT2D eigenvalue weighted by molar-refractivity contribution is 6.01. The van der Waals surface area contributed by atoms with E-state index in [1.165, 1.54) is 6.07 Å². The van der Waals surface area contributed by atoms with Gasteiger partial charge in [-0.05, 0) is 39.0 Å². The first-order valence-corrected chi connectivity index (χ1v) is 7.69. The van der Waals surface area contributed by atoms with Crippen molar-refractivity contribution in [2.24, 2.45) is 0 Å². The molecule has 23 heavy (non-hydrogen) atoms. The van der Waals surface area contributed by atoms with Crippen LogP contribution in [0.25, 0.3) is 11.3 Å². The number of benzene rings is 1. The number of H-pyrrole nitrogens is 1. The number of nitrogens with zero attached hydrogens (tertiary/aromatic N) is 1. The molecular weight excluding hydrogens is 292 g/mol. The Morgan fingerprint density at radius 3 is 2.52 bits per heavy atom. The van der Waals surface area contributed by atoms with Crippen molar-refractivity contribution in [1.82, 2.24) is 9.88 Å². The first-order chi connectivity index (χ1) is 11.0. The van der Waals surface area contributed by atoms with E-state index < -0.39 is 0 Å². The third kappa shape index (κ3) is 3.28. The number of pyridine rings is 1. The second kappa shape index (κ2) is 7.13. The van der Waals surface area contributed by atoms with Gasteiger partial charge in [0.1, 0.15) is 5.75 Å². The minimum atomic E-state index is -0.0668. The average Bonchev–Trinajstić information content (AvgIpc) is 2.57. The highest BCUT2D eigenvalue weighted by atomic mass is 16.5. The molecule has 0 saturated carbocycles. The van der Waals surface area contributed by atoms with Crippen molar-refractivity contribution in [2.75, 3.05) is 20.2 Å². The molecule has 0 fully saturated rings. The van der Waals surface area contributed by atoms with E-state index in [1.54, 1.807) is 43.3 Å². The summed E-state index contributed by atoms with van der Waals surface area (Å²) in [7, 11) is 1.57. The minimum absolute atomic E-state index is 0.0586. The fourth-order valence-corrected chi connectivity index (χ4v) is 2.56. The zero-order valence-electron chi connectivity index (χ0n) is 14.0. The van der Waals surface area contributed by atoms with Gasteiger partial charge in [-0.2, -0.15) is 0 Å². The van der Waals surface area contributed by atoms with Gasteiger partial charge in [0.15, 0.2) is 5.43 Å². The highest BCUT2D eigenvalue weighted by Gasteiger charge is 2.20. The van der Waals surface area contributed by atoms with Crippen LogP contribution in [0.5, 0.6) is 5.75 Å². The largest absolute Gasteiger partial charge is 0.497 e. The van der Waals surface area contributed by atoms with Crippen molar-refractivity contribution in [3.63, 3.8) is 0 Å². The molecule has 0 aliphatic rings. The summed E-state index contributed by atoms with van der Waals surface area (Å²) < 4.78 is 5.28. The molecule has 5 heteroatoms. The van der Waals surface area contributed by atoms with Gasteiger partial charge in [0.25, 0.3) is 5.91 Å². The van der Waals surface area contributed by atoms with E-state index in [-0.39, 0.29) is 11.3 Å². The molecule has 2 aromatic rings. The van der Waals surface area contributed by atoms with Crippen molar-refractivity contribution >= 4 is 5.91 Å². The van der Waals surface area contributed by atoms with Crippen LogP contribution >= 0.6 is 0 Å². The number of rotatable bonds is 5. The lowest BCUT2D eigenvalue weighted by molar-refractivity contribution is 0.0773. The molecule has 0 bridgehead atoms. The minimum Gasteiger partial charge on any atom is -0.497 e. The van der Waals surface area contributed by atoms with Crippen molar-refractivity contribution in [3.05, 3.63) is 51.8 Å². The zero-order valence-corrected chi connectivity index (χ0v) is 14.0. The predicted octanol–water partition coefficient (Wildman–Crippen LogP) is 2.84. The molecule has 122 valence electrons. The topological polar surface area (TPSA) is 62.4 Å². The molecule has 1 N–H and O–H groups in total. The highest BCUT2D eigenvalue weighted by Crippen LogP contribution is 2.28. The number of aromatic nitrogens is 1. The Bertz CT molecular complexity index is 761. The summed E-state index contributed by atoms with van der Waals surface area (Å²) in [6, 6.07) is 6.77. The monoisotopic (exact) mass is 314 g/mol. The van der Waals surface area contributed by atoms with Crippen LogP contribution in [-0.4, -0.2) is 36.0 Å². The van der Waals surface area contributed by atoms with Gasteiger partial charge in [0.2, 0.25) is 0 Å². The van der Waals surface area contributed by atoms with Crippen LogP contribution in [0.2, 0.25) is 0 Å². The molecule has 0 saturated heterocycles. The molecule has 1 amide bonds. The Balaban J connectivity index is 2.67. The van der Waals surface area contributed by atoms with Crippen LogP contribution in [0.1, 0.15) is 29.8 Å². The Morgan fingerprint density at radius 1 is 1.22 bits per heavy atom. The second-order valence-electron chi connectivity index (χ2n) is 5.23. The molecule has 5 nitrogen and oxygen atoms in total. The van der Waals surface area contributed by atoms with E-state index in [9.17, 15) is 9.59 Å². The smallest absolute Gasteiger partial charge is 0.254 e. The van der Waals surface area contributed by atoms with Gasteiger partial charge in [-0.25, -0.2) is 0 Å². The maximum Gasteiger partial charge on any atom is 0.254 e. The summed E-state index contributed by atoms with van der Waals surface area (Å²) in [5.74, 6) is 0.581. The van der Waals surface area contributed by atoms with Crippen LogP contribution in [0.15, 0.2) is 35.3 Å². The lowest BCUT2D eigenvalue weighted by Gasteiger charge is -2.21. The number of hydrogen-bond donors (Lipinski definition) is 1. The first kappa shape index (κ1) is 16.8. The Morgan fingerprint density at radius 2 is 1.91 bits per heavy atom. The number of aromatic amines is 1. The third-order valence-corrected chi connectivity index (χ3v) is 3.98. The zero-order chi connectivity index (χ0) is 17.0. The van der Waals surface area contributed by atoms with Gasteiger partial charge >= 0.3 is 0 Å². The van der Waals surface area contributed by atoms with E-state index in [4.69, 9.17) is 4.74 Å². The SMILES string of the molecule is CCN(CC)C(=O)c1ccc(OC)cc1-c1[nH]ccc(=O)c1C. The van der Waals surface area contributed by atoms with Crippen molar-refractivity contribution in [1.29, 1.82) is 0 Å². The van der Waals surface area contributed by atoms with Crippen LogP contribution in [0.3, 0.4) is 0 Å². The van der Waals surface area contributed by atoms with Gasteiger partial charge in [-0.1, -0.05) is 0 Å². The number of nitrogens with one attached hydrogen (secondary N) is 1. The molecule has 0 aliphatic heterocycles. The molecule has 0 spiro atoms. The van der Waals surface area contributed by atoms with Crippen LogP contribution < -0.4 is 10.2 Å². The molecule has 1 aromatic heterocycles. The number of ether oxygens (including phenoxy) is 1.